The zero-order valence-electron chi connectivity index (χ0n) is 8.82. The van der Waals surface area contributed by atoms with Gasteiger partial charge in [-0.3, -0.25) is 4.90 Å². The lowest BCUT2D eigenvalue weighted by molar-refractivity contribution is 0.273. The monoisotopic (exact) mass is 194 g/mol. The summed E-state index contributed by atoms with van der Waals surface area (Å²) in [5.41, 5.74) is 1.09. The zero-order chi connectivity index (χ0) is 9.80. The second-order valence-electron chi connectivity index (χ2n) is 4.02. The summed E-state index contributed by atoms with van der Waals surface area (Å²) >= 11 is 0. The molecular weight excluding hydrogens is 176 g/mol. The maximum atomic E-state index is 4.30. The fraction of sp³-hybridized carbons (Fsp3) is 0.800. The lowest BCUT2D eigenvalue weighted by atomic mass is 10.2. The van der Waals surface area contributed by atoms with Crippen LogP contribution in [0.1, 0.15) is 31.4 Å². The maximum absolute atomic E-state index is 4.30. The fourth-order valence-electron chi connectivity index (χ4n) is 1.98. The van der Waals surface area contributed by atoms with Crippen LogP contribution >= 0.6 is 0 Å². The molecule has 0 aromatic carbocycles. The Morgan fingerprint density at radius 1 is 1.21 bits per heavy atom. The minimum Gasteiger partial charge on any atom is -0.297 e. The Balaban J connectivity index is 1.89. The Hall–Kier alpha value is -0.900. The van der Waals surface area contributed by atoms with Crippen LogP contribution in [0.5, 0.6) is 0 Å². The second-order valence-corrected chi connectivity index (χ2v) is 4.02. The highest BCUT2D eigenvalue weighted by atomic mass is 15.5. The number of hydrogen-bond acceptors (Lipinski definition) is 3. The summed E-state index contributed by atoms with van der Waals surface area (Å²) in [5.74, 6) is 0. The van der Waals surface area contributed by atoms with Crippen molar-refractivity contribution in [2.45, 2.75) is 32.2 Å². The van der Waals surface area contributed by atoms with Crippen molar-refractivity contribution in [1.29, 1.82) is 0 Å². The number of nitrogens with zero attached hydrogens (tertiary/aromatic N) is 4. The van der Waals surface area contributed by atoms with Gasteiger partial charge in [-0.1, -0.05) is 12.8 Å². The standard InChI is InChI=1S/C10H18N4/c1-13-11-8-10(12-13)9-14-6-4-2-3-5-7-14/h8H,2-7,9H2,1H3. The minimum absolute atomic E-state index is 0.966. The van der Waals surface area contributed by atoms with Gasteiger partial charge in [0.25, 0.3) is 0 Å². The topological polar surface area (TPSA) is 34.0 Å². The van der Waals surface area contributed by atoms with Gasteiger partial charge in [-0.2, -0.15) is 15.0 Å². The van der Waals surface area contributed by atoms with Crippen LogP contribution in [-0.4, -0.2) is 33.0 Å². The number of likely N-dealkylation sites (tertiary alicyclic amines) is 1. The van der Waals surface area contributed by atoms with E-state index in [4.69, 9.17) is 0 Å². The molecule has 78 valence electrons. The molecule has 1 aliphatic heterocycles. The molecule has 0 aliphatic carbocycles. The quantitative estimate of drug-likeness (QED) is 0.709. The van der Waals surface area contributed by atoms with Crippen molar-refractivity contribution in [3.05, 3.63) is 11.9 Å². The molecule has 1 saturated heterocycles. The van der Waals surface area contributed by atoms with Crippen LogP contribution in [0.4, 0.5) is 0 Å². The van der Waals surface area contributed by atoms with E-state index in [-0.39, 0.29) is 0 Å². The van der Waals surface area contributed by atoms with Gasteiger partial charge in [0.1, 0.15) is 0 Å². The van der Waals surface area contributed by atoms with E-state index in [0.29, 0.717) is 0 Å². The normalized spacial score (nSPS) is 19.5. The molecule has 2 heterocycles. The van der Waals surface area contributed by atoms with Gasteiger partial charge in [0.05, 0.1) is 11.9 Å². The van der Waals surface area contributed by atoms with Crippen LogP contribution in [0.15, 0.2) is 6.20 Å². The molecular formula is C10H18N4. The number of aromatic nitrogens is 3. The van der Waals surface area contributed by atoms with Gasteiger partial charge in [-0.05, 0) is 25.9 Å². The Morgan fingerprint density at radius 3 is 2.50 bits per heavy atom. The Bertz CT molecular complexity index is 273. The highest BCUT2D eigenvalue weighted by molar-refractivity contribution is 4.91. The summed E-state index contributed by atoms with van der Waals surface area (Å²) in [6.45, 7) is 3.40. The predicted octanol–water partition coefficient (Wildman–Crippen LogP) is 1.19. The molecule has 0 unspecified atom stereocenters. The van der Waals surface area contributed by atoms with Gasteiger partial charge < -0.3 is 0 Å². The minimum atomic E-state index is 0.966. The molecule has 0 bridgehead atoms. The van der Waals surface area contributed by atoms with E-state index in [0.717, 1.165) is 12.2 Å². The molecule has 0 saturated carbocycles. The summed E-state index contributed by atoms with van der Waals surface area (Å²) in [4.78, 5) is 4.12. The summed E-state index contributed by atoms with van der Waals surface area (Å²) < 4.78 is 0. The van der Waals surface area contributed by atoms with Crippen LogP contribution in [0.25, 0.3) is 0 Å². The molecule has 1 aliphatic rings. The summed E-state index contributed by atoms with van der Waals surface area (Å²) in [5, 5.41) is 8.38. The summed E-state index contributed by atoms with van der Waals surface area (Å²) in [6, 6.07) is 0. The van der Waals surface area contributed by atoms with Gasteiger partial charge in [0.15, 0.2) is 0 Å². The first kappa shape index (κ1) is 9.65. The zero-order valence-corrected chi connectivity index (χ0v) is 8.82. The van der Waals surface area contributed by atoms with Crippen LogP contribution in [-0.2, 0) is 13.6 Å². The van der Waals surface area contributed by atoms with Gasteiger partial charge >= 0.3 is 0 Å². The second kappa shape index (κ2) is 4.55. The smallest absolute Gasteiger partial charge is 0.0967 e. The van der Waals surface area contributed by atoms with E-state index >= 15 is 0 Å². The molecule has 2 rings (SSSR count). The Kier molecular flexibility index (Phi) is 3.14. The van der Waals surface area contributed by atoms with Crippen molar-refractivity contribution >= 4 is 0 Å². The first-order valence-corrected chi connectivity index (χ1v) is 5.42. The third kappa shape index (κ3) is 2.54. The molecule has 14 heavy (non-hydrogen) atoms. The van der Waals surface area contributed by atoms with Crippen LogP contribution in [0.2, 0.25) is 0 Å². The van der Waals surface area contributed by atoms with Crippen molar-refractivity contribution < 1.29 is 0 Å². The molecule has 0 amide bonds. The van der Waals surface area contributed by atoms with Crippen molar-refractivity contribution in [2.75, 3.05) is 13.1 Å². The predicted molar refractivity (Wildman–Crippen MR) is 54.7 cm³/mol. The summed E-state index contributed by atoms with van der Waals surface area (Å²) in [6.07, 6.45) is 7.30. The number of hydrogen-bond donors (Lipinski definition) is 0. The Morgan fingerprint density at radius 2 is 1.93 bits per heavy atom. The van der Waals surface area contributed by atoms with E-state index in [1.54, 1.807) is 4.80 Å². The molecule has 1 aromatic heterocycles. The number of rotatable bonds is 2. The molecule has 4 heteroatoms. The van der Waals surface area contributed by atoms with Gasteiger partial charge in [-0.15, -0.1) is 0 Å². The Labute approximate surface area is 84.9 Å². The third-order valence-corrected chi connectivity index (χ3v) is 2.73. The molecule has 0 spiro atoms. The van der Waals surface area contributed by atoms with E-state index in [1.165, 1.54) is 38.8 Å². The van der Waals surface area contributed by atoms with Crippen molar-refractivity contribution in [3.8, 4) is 0 Å². The van der Waals surface area contributed by atoms with Crippen LogP contribution in [0.3, 0.4) is 0 Å². The van der Waals surface area contributed by atoms with Crippen molar-refractivity contribution in [3.63, 3.8) is 0 Å². The average molecular weight is 194 g/mol. The van der Waals surface area contributed by atoms with E-state index in [1.807, 2.05) is 13.2 Å². The van der Waals surface area contributed by atoms with Gasteiger partial charge in [0.2, 0.25) is 0 Å². The van der Waals surface area contributed by atoms with Gasteiger partial charge in [-0.25, -0.2) is 0 Å². The van der Waals surface area contributed by atoms with E-state index in [2.05, 4.69) is 15.1 Å². The van der Waals surface area contributed by atoms with Crippen LogP contribution in [0, 0.1) is 0 Å². The molecule has 4 nitrogen and oxygen atoms in total. The van der Waals surface area contributed by atoms with Gasteiger partial charge in [0, 0.05) is 13.6 Å². The molecule has 0 radical (unpaired) electrons. The molecule has 0 atom stereocenters. The average Bonchev–Trinajstić information content (AvgIpc) is 2.43. The third-order valence-electron chi connectivity index (χ3n) is 2.73. The maximum Gasteiger partial charge on any atom is 0.0967 e. The molecule has 1 fully saturated rings. The first-order chi connectivity index (χ1) is 6.84. The summed E-state index contributed by atoms with van der Waals surface area (Å²) in [7, 11) is 1.87. The van der Waals surface area contributed by atoms with Crippen molar-refractivity contribution in [1.82, 2.24) is 19.9 Å². The lowest BCUT2D eigenvalue weighted by Crippen LogP contribution is -2.24. The SMILES string of the molecule is Cn1ncc(CN2CCCCCC2)n1. The lowest BCUT2D eigenvalue weighted by Gasteiger charge is -2.17. The first-order valence-electron chi connectivity index (χ1n) is 5.42. The number of aryl methyl sites for hydroxylation is 1. The van der Waals surface area contributed by atoms with E-state index < -0.39 is 0 Å². The van der Waals surface area contributed by atoms with Crippen LogP contribution < -0.4 is 0 Å². The van der Waals surface area contributed by atoms with Crippen molar-refractivity contribution in [2.24, 2.45) is 7.05 Å². The highest BCUT2D eigenvalue weighted by Gasteiger charge is 2.10. The fourth-order valence-corrected chi connectivity index (χ4v) is 1.98. The largest absolute Gasteiger partial charge is 0.297 e. The molecule has 0 N–H and O–H groups in total. The molecule has 1 aromatic rings. The van der Waals surface area contributed by atoms with E-state index in [9.17, 15) is 0 Å². The highest BCUT2D eigenvalue weighted by Crippen LogP contribution is 2.11.